The van der Waals surface area contributed by atoms with Crippen molar-refractivity contribution in [1.29, 1.82) is 0 Å². The maximum absolute atomic E-state index is 11.4. The van der Waals surface area contributed by atoms with Gasteiger partial charge in [0.15, 0.2) is 6.10 Å². The highest BCUT2D eigenvalue weighted by Gasteiger charge is 2.14. The summed E-state index contributed by atoms with van der Waals surface area (Å²) in [6.45, 7) is 1.48. The lowest BCUT2D eigenvalue weighted by molar-refractivity contribution is -0.146. The van der Waals surface area contributed by atoms with E-state index in [1.807, 2.05) is 6.92 Å². The second kappa shape index (κ2) is 6.23. The van der Waals surface area contributed by atoms with E-state index in [0.717, 1.165) is 5.56 Å². The number of urea groups is 1. The number of nitrogens with one attached hydrogen (secondary N) is 2. The molecule has 0 bridgehead atoms. The number of aliphatic carboxylic acids is 1. The molecular weight excluding hydrogens is 260 g/mol. The minimum absolute atomic E-state index is 0.379. The highest BCUT2D eigenvalue weighted by molar-refractivity contribution is 6.33. The summed E-state index contributed by atoms with van der Waals surface area (Å²) in [6.07, 6.45) is -1.63. The summed E-state index contributed by atoms with van der Waals surface area (Å²) in [7, 11) is 0. The molecule has 0 spiro atoms. The summed E-state index contributed by atoms with van der Waals surface area (Å²) >= 11 is 5.90. The smallest absolute Gasteiger partial charge is 0.334 e. The Morgan fingerprint density at radius 3 is 2.67 bits per heavy atom. The number of benzene rings is 1. The van der Waals surface area contributed by atoms with Crippen molar-refractivity contribution in [1.82, 2.24) is 5.32 Å². The Morgan fingerprint density at radius 2 is 2.11 bits per heavy atom. The van der Waals surface area contributed by atoms with Crippen LogP contribution in [0, 0.1) is 6.92 Å². The number of hydrogen-bond donors (Lipinski definition) is 4. The lowest BCUT2D eigenvalue weighted by atomic mass is 10.2. The molecule has 0 aromatic heterocycles. The molecule has 0 saturated heterocycles. The van der Waals surface area contributed by atoms with Gasteiger partial charge in [-0.3, -0.25) is 0 Å². The molecule has 0 saturated carbocycles. The van der Waals surface area contributed by atoms with Gasteiger partial charge in [-0.05, 0) is 24.6 Å². The van der Waals surface area contributed by atoms with Gasteiger partial charge in [0, 0.05) is 0 Å². The number of aliphatic hydroxyl groups excluding tert-OH is 1. The van der Waals surface area contributed by atoms with Crippen LogP contribution < -0.4 is 10.6 Å². The van der Waals surface area contributed by atoms with Crippen LogP contribution in [0.2, 0.25) is 5.02 Å². The number of carboxylic acids is 1. The molecule has 0 radical (unpaired) electrons. The van der Waals surface area contributed by atoms with Gasteiger partial charge in [0.1, 0.15) is 0 Å². The van der Waals surface area contributed by atoms with Crippen molar-refractivity contribution in [2.45, 2.75) is 13.0 Å². The Labute approximate surface area is 109 Å². The number of hydrogen-bond acceptors (Lipinski definition) is 3. The zero-order valence-corrected chi connectivity index (χ0v) is 10.4. The van der Waals surface area contributed by atoms with Gasteiger partial charge in [0.05, 0.1) is 17.3 Å². The minimum Gasteiger partial charge on any atom is -0.479 e. The fraction of sp³-hybridized carbons (Fsp3) is 0.273. The van der Waals surface area contributed by atoms with Gasteiger partial charge in [0.2, 0.25) is 0 Å². The fourth-order valence-electron chi connectivity index (χ4n) is 1.16. The maximum Gasteiger partial charge on any atom is 0.334 e. The van der Waals surface area contributed by atoms with Gasteiger partial charge in [-0.15, -0.1) is 0 Å². The first-order chi connectivity index (χ1) is 8.40. The summed E-state index contributed by atoms with van der Waals surface area (Å²) in [4.78, 5) is 21.7. The Bertz CT molecular complexity index is 464. The van der Waals surface area contributed by atoms with E-state index in [9.17, 15) is 9.59 Å². The molecule has 4 N–H and O–H groups in total. The number of rotatable bonds is 4. The number of aryl methyl sites for hydroxylation is 1. The van der Waals surface area contributed by atoms with Gasteiger partial charge in [-0.2, -0.15) is 0 Å². The quantitative estimate of drug-likeness (QED) is 0.662. The van der Waals surface area contributed by atoms with Gasteiger partial charge in [0.25, 0.3) is 0 Å². The molecule has 0 aliphatic carbocycles. The molecule has 6 nitrogen and oxygen atoms in total. The fourth-order valence-corrected chi connectivity index (χ4v) is 1.45. The molecule has 0 unspecified atom stereocenters. The van der Waals surface area contributed by atoms with Gasteiger partial charge < -0.3 is 20.8 Å². The van der Waals surface area contributed by atoms with Crippen LogP contribution in [0.1, 0.15) is 5.56 Å². The minimum atomic E-state index is -1.63. The lowest BCUT2D eigenvalue weighted by Gasteiger charge is -2.10. The molecule has 1 aromatic rings. The Hall–Kier alpha value is -1.79. The Morgan fingerprint density at radius 1 is 1.44 bits per heavy atom. The standard InChI is InChI=1S/C11H13ClN2O4/c1-6-2-3-8(7(12)4-6)14-11(18)13-5-9(15)10(16)17/h2-4,9,15H,5H2,1H3,(H,16,17)(H2,13,14,18)/t9-/m0/s1. The van der Waals surface area contributed by atoms with Gasteiger partial charge in [-0.25, -0.2) is 9.59 Å². The van der Waals surface area contributed by atoms with Crippen molar-refractivity contribution >= 4 is 29.3 Å². The van der Waals surface area contributed by atoms with E-state index in [4.69, 9.17) is 21.8 Å². The largest absolute Gasteiger partial charge is 0.479 e. The van der Waals surface area contributed by atoms with Crippen molar-refractivity contribution in [2.24, 2.45) is 0 Å². The van der Waals surface area contributed by atoms with Crippen LogP contribution in [0.25, 0.3) is 0 Å². The highest BCUT2D eigenvalue weighted by Crippen LogP contribution is 2.22. The van der Waals surface area contributed by atoms with Crippen molar-refractivity contribution in [3.63, 3.8) is 0 Å². The second-order valence-electron chi connectivity index (χ2n) is 3.67. The van der Waals surface area contributed by atoms with E-state index in [2.05, 4.69) is 10.6 Å². The number of carbonyl (C=O) groups is 2. The van der Waals surface area contributed by atoms with Crippen LogP contribution in [-0.2, 0) is 4.79 Å². The van der Waals surface area contributed by atoms with Crippen molar-refractivity contribution in [3.05, 3.63) is 28.8 Å². The molecular formula is C11H13ClN2O4. The van der Waals surface area contributed by atoms with Crippen molar-refractivity contribution in [2.75, 3.05) is 11.9 Å². The van der Waals surface area contributed by atoms with Gasteiger partial charge >= 0.3 is 12.0 Å². The van der Waals surface area contributed by atoms with Crippen LogP contribution in [0.3, 0.4) is 0 Å². The summed E-state index contributed by atoms with van der Waals surface area (Å²) in [6, 6.07) is 4.45. The summed E-state index contributed by atoms with van der Waals surface area (Å²) in [5.74, 6) is -1.40. The maximum atomic E-state index is 11.4. The lowest BCUT2D eigenvalue weighted by Crippen LogP contribution is -2.38. The normalized spacial score (nSPS) is 11.7. The number of aliphatic hydroxyl groups is 1. The van der Waals surface area contributed by atoms with E-state index in [1.165, 1.54) is 0 Å². The van der Waals surface area contributed by atoms with Crippen LogP contribution in [0.4, 0.5) is 10.5 Å². The average Bonchev–Trinajstić information content (AvgIpc) is 2.29. The predicted octanol–water partition coefficient (Wildman–Crippen LogP) is 1.22. The zero-order valence-electron chi connectivity index (χ0n) is 9.61. The van der Waals surface area contributed by atoms with Gasteiger partial charge in [-0.1, -0.05) is 17.7 Å². The van der Waals surface area contributed by atoms with Crippen LogP contribution in [-0.4, -0.2) is 34.9 Å². The molecule has 1 atom stereocenters. The monoisotopic (exact) mass is 272 g/mol. The average molecular weight is 273 g/mol. The van der Waals surface area contributed by atoms with Crippen molar-refractivity contribution < 1.29 is 19.8 Å². The number of carboxylic acid groups (broad SMARTS) is 1. The Balaban J connectivity index is 2.52. The van der Waals surface area contributed by atoms with Crippen LogP contribution >= 0.6 is 11.6 Å². The molecule has 98 valence electrons. The third-order valence-corrected chi connectivity index (χ3v) is 2.43. The first-order valence-electron chi connectivity index (χ1n) is 5.12. The molecule has 18 heavy (non-hydrogen) atoms. The van der Waals surface area contributed by atoms with Crippen molar-refractivity contribution in [3.8, 4) is 0 Å². The summed E-state index contributed by atoms with van der Waals surface area (Å²) in [5.41, 5.74) is 1.36. The van der Waals surface area contributed by atoms with E-state index in [1.54, 1.807) is 18.2 Å². The molecule has 0 aliphatic heterocycles. The first kappa shape index (κ1) is 14.3. The molecule has 2 amide bonds. The molecule has 7 heteroatoms. The molecule has 1 rings (SSSR count). The highest BCUT2D eigenvalue weighted by atomic mass is 35.5. The van der Waals surface area contributed by atoms with E-state index in [-0.39, 0.29) is 6.54 Å². The van der Waals surface area contributed by atoms with Crippen LogP contribution in [0.5, 0.6) is 0 Å². The Kier molecular flexibility index (Phi) is 4.94. The predicted molar refractivity (Wildman–Crippen MR) is 66.9 cm³/mol. The second-order valence-corrected chi connectivity index (χ2v) is 4.08. The summed E-state index contributed by atoms with van der Waals surface area (Å²) in [5, 5.41) is 22.4. The molecule has 0 aliphatic rings. The molecule has 1 aromatic carbocycles. The molecule has 0 heterocycles. The number of amides is 2. The SMILES string of the molecule is Cc1ccc(NC(=O)NC[C@H](O)C(=O)O)c(Cl)c1. The number of anilines is 1. The number of halogens is 1. The van der Waals surface area contributed by atoms with E-state index in [0.29, 0.717) is 10.7 Å². The molecule has 0 fully saturated rings. The summed E-state index contributed by atoms with van der Waals surface area (Å²) < 4.78 is 0. The third-order valence-electron chi connectivity index (χ3n) is 2.11. The number of carbonyl (C=O) groups excluding carboxylic acids is 1. The third kappa shape index (κ3) is 4.23. The topological polar surface area (TPSA) is 98.7 Å². The first-order valence-corrected chi connectivity index (χ1v) is 5.50. The van der Waals surface area contributed by atoms with E-state index >= 15 is 0 Å². The van der Waals surface area contributed by atoms with Crippen LogP contribution in [0.15, 0.2) is 18.2 Å². The van der Waals surface area contributed by atoms with E-state index < -0.39 is 18.1 Å². The zero-order chi connectivity index (χ0) is 13.7.